The van der Waals surface area contributed by atoms with Crippen molar-refractivity contribution in [2.45, 2.75) is 39.0 Å². The third-order valence-corrected chi connectivity index (χ3v) is 4.94. The van der Waals surface area contributed by atoms with Crippen LogP contribution in [0.25, 0.3) is 22.9 Å². The van der Waals surface area contributed by atoms with Crippen LogP contribution < -0.4 is 10.3 Å². The summed E-state index contributed by atoms with van der Waals surface area (Å²) in [6.07, 6.45) is 3.96. The van der Waals surface area contributed by atoms with Crippen LogP contribution in [0.2, 0.25) is 0 Å². The van der Waals surface area contributed by atoms with Crippen LogP contribution in [0, 0.1) is 0 Å². The standard InChI is InChI=1S/C23H23N3O7/c1-13(2)32-17(15-6-4-5-7-16(15)30-3)10-14-11-26(12-18(27)28)23(29)19-20(14)33-22(25-19)21-24-8-9-31-21/h4-9,11,13,17H,10,12H2,1-3H3,(H,27,28)/t17-/m0/s1. The molecule has 33 heavy (non-hydrogen) atoms. The molecular formula is C23H23N3O7. The lowest BCUT2D eigenvalue weighted by Gasteiger charge is -2.23. The lowest BCUT2D eigenvalue weighted by atomic mass is 10.0. The fraction of sp³-hybridized carbons (Fsp3) is 0.304. The van der Waals surface area contributed by atoms with Gasteiger partial charge in [0, 0.05) is 23.7 Å². The van der Waals surface area contributed by atoms with Gasteiger partial charge < -0.3 is 28.0 Å². The summed E-state index contributed by atoms with van der Waals surface area (Å²) in [7, 11) is 1.58. The van der Waals surface area contributed by atoms with Gasteiger partial charge in [-0.3, -0.25) is 9.59 Å². The molecule has 0 aliphatic heterocycles. The van der Waals surface area contributed by atoms with Gasteiger partial charge in [0.25, 0.3) is 17.3 Å². The van der Waals surface area contributed by atoms with Crippen LogP contribution in [0.4, 0.5) is 0 Å². The minimum atomic E-state index is -1.15. The van der Waals surface area contributed by atoms with E-state index >= 15 is 0 Å². The van der Waals surface area contributed by atoms with E-state index < -0.39 is 24.2 Å². The molecule has 0 aliphatic carbocycles. The maximum Gasteiger partial charge on any atom is 0.323 e. The molecule has 1 aromatic carbocycles. The number of hydrogen-bond donors (Lipinski definition) is 1. The molecule has 0 spiro atoms. The van der Waals surface area contributed by atoms with Crippen molar-refractivity contribution < 1.29 is 28.2 Å². The minimum absolute atomic E-state index is 0.00901. The summed E-state index contributed by atoms with van der Waals surface area (Å²) in [5.74, 6) is -0.365. The van der Waals surface area contributed by atoms with E-state index in [0.29, 0.717) is 11.3 Å². The Kier molecular flexibility index (Phi) is 6.27. The predicted octanol–water partition coefficient (Wildman–Crippen LogP) is 3.45. The summed E-state index contributed by atoms with van der Waals surface area (Å²) in [5.41, 5.74) is 0.988. The molecule has 0 amide bonds. The molecular weight excluding hydrogens is 430 g/mol. The van der Waals surface area contributed by atoms with E-state index in [1.165, 1.54) is 18.7 Å². The van der Waals surface area contributed by atoms with Gasteiger partial charge in [0.1, 0.15) is 18.6 Å². The number of rotatable bonds is 9. The number of ether oxygens (including phenoxy) is 2. The number of carboxylic acid groups (broad SMARTS) is 1. The molecule has 4 rings (SSSR count). The Hall–Kier alpha value is -3.92. The molecule has 4 aromatic rings. The van der Waals surface area contributed by atoms with Crippen LogP contribution in [0.3, 0.4) is 0 Å². The molecule has 0 bridgehead atoms. The SMILES string of the molecule is COc1ccccc1[C@H](Cc1cn(CC(=O)O)c(=O)c2nc(-c3ncco3)oc12)OC(C)C. The van der Waals surface area contributed by atoms with Crippen molar-refractivity contribution in [1.82, 2.24) is 14.5 Å². The van der Waals surface area contributed by atoms with Crippen LogP contribution in [0.15, 0.2) is 56.6 Å². The molecule has 0 unspecified atom stereocenters. The van der Waals surface area contributed by atoms with Gasteiger partial charge in [-0.15, -0.1) is 0 Å². The zero-order valence-electron chi connectivity index (χ0n) is 18.3. The molecule has 10 heteroatoms. The second kappa shape index (κ2) is 9.29. The van der Waals surface area contributed by atoms with E-state index in [1.807, 2.05) is 38.1 Å². The number of oxazole rings is 2. The number of aromatic nitrogens is 3. The van der Waals surface area contributed by atoms with Crippen molar-refractivity contribution in [1.29, 1.82) is 0 Å². The number of aliphatic carboxylic acids is 1. The Balaban J connectivity index is 1.87. The van der Waals surface area contributed by atoms with Crippen molar-refractivity contribution in [3.05, 3.63) is 64.4 Å². The number of carbonyl (C=O) groups is 1. The van der Waals surface area contributed by atoms with Crippen molar-refractivity contribution in [2.24, 2.45) is 0 Å². The first kappa shape index (κ1) is 22.3. The lowest BCUT2D eigenvalue weighted by molar-refractivity contribution is -0.137. The molecule has 0 aliphatic rings. The zero-order valence-corrected chi connectivity index (χ0v) is 18.3. The smallest absolute Gasteiger partial charge is 0.323 e. The number of methoxy groups -OCH3 is 1. The van der Waals surface area contributed by atoms with E-state index in [1.54, 1.807) is 7.11 Å². The van der Waals surface area contributed by atoms with E-state index in [-0.39, 0.29) is 35.4 Å². The van der Waals surface area contributed by atoms with Gasteiger partial charge >= 0.3 is 5.97 Å². The first-order valence-corrected chi connectivity index (χ1v) is 10.3. The second-order valence-corrected chi connectivity index (χ2v) is 7.63. The molecule has 0 fully saturated rings. The van der Waals surface area contributed by atoms with Gasteiger partial charge in [-0.2, -0.15) is 4.98 Å². The summed E-state index contributed by atoms with van der Waals surface area (Å²) < 4.78 is 23.9. The average molecular weight is 453 g/mol. The van der Waals surface area contributed by atoms with E-state index in [9.17, 15) is 14.7 Å². The number of benzene rings is 1. The summed E-state index contributed by atoms with van der Waals surface area (Å²) in [6, 6.07) is 7.47. The van der Waals surface area contributed by atoms with Gasteiger partial charge in [-0.25, -0.2) is 4.98 Å². The summed E-state index contributed by atoms with van der Waals surface area (Å²) >= 11 is 0. The molecule has 0 radical (unpaired) electrons. The first-order valence-electron chi connectivity index (χ1n) is 10.3. The van der Waals surface area contributed by atoms with Gasteiger partial charge in [-0.05, 0) is 19.9 Å². The fourth-order valence-electron chi connectivity index (χ4n) is 3.65. The van der Waals surface area contributed by atoms with Crippen LogP contribution in [-0.4, -0.2) is 38.8 Å². The van der Waals surface area contributed by atoms with E-state index in [4.69, 9.17) is 18.3 Å². The predicted molar refractivity (Wildman–Crippen MR) is 117 cm³/mol. The fourth-order valence-corrected chi connectivity index (χ4v) is 3.65. The normalized spacial score (nSPS) is 12.4. The highest BCUT2D eigenvalue weighted by atomic mass is 16.5. The first-order chi connectivity index (χ1) is 15.9. The topological polar surface area (TPSA) is 130 Å². The van der Waals surface area contributed by atoms with E-state index in [2.05, 4.69) is 9.97 Å². The Labute approximate surface area is 188 Å². The van der Waals surface area contributed by atoms with Crippen molar-refractivity contribution in [2.75, 3.05) is 7.11 Å². The number of hydrogen-bond acceptors (Lipinski definition) is 8. The third kappa shape index (κ3) is 4.65. The number of fused-ring (bicyclic) bond motifs is 1. The second-order valence-electron chi connectivity index (χ2n) is 7.63. The molecule has 1 atom stereocenters. The molecule has 3 heterocycles. The quantitative estimate of drug-likeness (QED) is 0.405. The maximum absolute atomic E-state index is 12.9. The number of carboxylic acids is 1. The van der Waals surface area contributed by atoms with Crippen molar-refractivity contribution >= 4 is 17.1 Å². The van der Waals surface area contributed by atoms with Crippen LogP contribution >= 0.6 is 0 Å². The van der Waals surface area contributed by atoms with Gasteiger partial charge in [0.2, 0.25) is 0 Å². The maximum atomic E-state index is 12.9. The summed E-state index contributed by atoms with van der Waals surface area (Å²) in [6.45, 7) is 3.31. The number of nitrogens with zero attached hydrogens (tertiary/aromatic N) is 3. The Morgan fingerprint density at radius 1 is 1.24 bits per heavy atom. The lowest BCUT2D eigenvalue weighted by Crippen LogP contribution is -2.25. The molecule has 0 saturated heterocycles. The average Bonchev–Trinajstić information content (AvgIpc) is 3.46. The Bertz CT molecular complexity index is 1320. The molecule has 1 N–H and O–H groups in total. The molecule has 0 saturated carbocycles. The van der Waals surface area contributed by atoms with E-state index in [0.717, 1.165) is 10.1 Å². The molecule has 172 valence electrons. The number of para-hydroxylation sites is 1. The Morgan fingerprint density at radius 2 is 2.03 bits per heavy atom. The van der Waals surface area contributed by atoms with Gasteiger partial charge in [0.05, 0.1) is 25.5 Å². The monoisotopic (exact) mass is 453 g/mol. The number of pyridine rings is 1. The van der Waals surface area contributed by atoms with Gasteiger partial charge in [0.15, 0.2) is 11.1 Å². The summed E-state index contributed by atoms with van der Waals surface area (Å²) in [5, 5.41) is 9.29. The van der Waals surface area contributed by atoms with Crippen LogP contribution in [0.5, 0.6) is 5.75 Å². The van der Waals surface area contributed by atoms with Crippen LogP contribution in [-0.2, 0) is 22.5 Å². The minimum Gasteiger partial charge on any atom is -0.496 e. The van der Waals surface area contributed by atoms with Crippen molar-refractivity contribution in [3.8, 4) is 17.5 Å². The molecule has 3 aromatic heterocycles. The highest BCUT2D eigenvalue weighted by Gasteiger charge is 2.25. The van der Waals surface area contributed by atoms with Gasteiger partial charge in [-0.1, -0.05) is 18.2 Å². The zero-order chi connectivity index (χ0) is 23.5. The highest BCUT2D eigenvalue weighted by molar-refractivity contribution is 5.78. The largest absolute Gasteiger partial charge is 0.496 e. The third-order valence-electron chi connectivity index (χ3n) is 4.94. The molecule has 10 nitrogen and oxygen atoms in total. The highest BCUT2D eigenvalue weighted by Crippen LogP contribution is 2.33. The summed E-state index contributed by atoms with van der Waals surface area (Å²) in [4.78, 5) is 32.5. The van der Waals surface area contributed by atoms with Crippen molar-refractivity contribution in [3.63, 3.8) is 0 Å². The Morgan fingerprint density at radius 3 is 2.70 bits per heavy atom. The van der Waals surface area contributed by atoms with Crippen LogP contribution in [0.1, 0.15) is 31.1 Å².